The van der Waals surface area contributed by atoms with E-state index in [1.807, 2.05) is 41.8 Å². The highest BCUT2D eigenvalue weighted by atomic mass is 16.6. The van der Waals surface area contributed by atoms with Crippen molar-refractivity contribution >= 4 is 28.6 Å². The van der Waals surface area contributed by atoms with Crippen LogP contribution in [0.25, 0.3) is 10.9 Å². The van der Waals surface area contributed by atoms with Gasteiger partial charge in [-0.3, -0.25) is 9.59 Å². The van der Waals surface area contributed by atoms with E-state index in [0.29, 0.717) is 29.6 Å². The Balaban J connectivity index is 2.18. The molecule has 0 aliphatic rings. The van der Waals surface area contributed by atoms with Gasteiger partial charge in [-0.15, -0.1) is 0 Å². The molecule has 0 radical (unpaired) electrons. The number of pyridine rings is 1. The fraction of sp³-hybridized carbons (Fsp3) is 0.273. The molecule has 30 heavy (non-hydrogen) atoms. The van der Waals surface area contributed by atoms with E-state index in [2.05, 4.69) is 4.98 Å². The minimum Gasteiger partial charge on any atom is -0.465 e. The van der Waals surface area contributed by atoms with Crippen molar-refractivity contribution in [2.75, 3.05) is 13.2 Å². The second-order valence-corrected chi connectivity index (χ2v) is 6.54. The number of hydrogen-bond acceptors (Lipinski definition) is 6. The molecule has 0 saturated carbocycles. The second kappa shape index (κ2) is 9.21. The first kappa shape index (κ1) is 21.0. The lowest BCUT2D eigenvalue weighted by atomic mass is 10.1. The molecule has 0 spiro atoms. The second-order valence-electron chi connectivity index (χ2n) is 6.54. The lowest BCUT2D eigenvalue weighted by Gasteiger charge is -2.10. The number of amides is 1. The summed E-state index contributed by atoms with van der Waals surface area (Å²) in [5.41, 5.74) is 7.81. The number of nitrogens with zero attached hydrogens (tertiary/aromatic N) is 2. The molecule has 0 aliphatic carbocycles. The maximum Gasteiger partial charge on any atom is 0.344 e. The first-order valence-corrected chi connectivity index (χ1v) is 9.64. The van der Waals surface area contributed by atoms with Gasteiger partial charge in [-0.05, 0) is 25.0 Å². The first-order chi connectivity index (χ1) is 14.5. The van der Waals surface area contributed by atoms with Crippen LogP contribution >= 0.6 is 0 Å². The maximum atomic E-state index is 12.7. The maximum absolute atomic E-state index is 12.7. The number of ketones is 1. The lowest BCUT2D eigenvalue weighted by Crippen LogP contribution is -2.24. The van der Waals surface area contributed by atoms with Crippen LogP contribution in [-0.2, 0) is 27.3 Å². The Kier molecular flexibility index (Phi) is 6.46. The average Bonchev–Trinajstić information content (AvgIpc) is 3.06. The van der Waals surface area contributed by atoms with Gasteiger partial charge >= 0.3 is 5.97 Å². The predicted molar refractivity (Wildman–Crippen MR) is 110 cm³/mol. The molecule has 8 heteroatoms. The van der Waals surface area contributed by atoms with Crippen molar-refractivity contribution in [1.82, 2.24) is 9.55 Å². The number of primary amides is 1. The van der Waals surface area contributed by atoms with Crippen LogP contribution in [0.15, 0.2) is 42.6 Å². The lowest BCUT2D eigenvalue weighted by molar-refractivity contribution is -0.145. The zero-order chi connectivity index (χ0) is 21.7. The third-order valence-corrected chi connectivity index (χ3v) is 4.65. The SMILES string of the molecule is CCOC(=O)COc1nccc2c1c(C(=O)C(N)=O)c(CC)n2Cc1ccccc1. The zero-order valence-electron chi connectivity index (χ0n) is 16.9. The molecule has 0 saturated heterocycles. The van der Waals surface area contributed by atoms with E-state index in [0.717, 1.165) is 5.56 Å². The molecule has 0 bridgehead atoms. The van der Waals surface area contributed by atoms with Gasteiger partial charge < -0.3 is 19.8 Å². The monoisotopic (exact) mass is 409 g/mol. The summed E-state index contributed by atoms with van der Waals surface area (Å²) in [6.07, 6.45) is 2.01. The number of ether oxygens (including phenoxy) is 2. The highest BCUT2D eigenvalue weighted by Crippen LogP contribution is 2.34. The minimum atomic E-state index is -1.07. The van der Waals surface area contributed by atoms with Crippen LogP contribution in [0.1, 0.15) is 35.5 Å². The largest absolute Gasteiger partial charge is 0.465 e. The Morgan fingerprint density at radius 3 is 2.47 bits per heavy atom. The van der Waals surface area contributed by atoms with Gasteiger partial charge in [0, 0.05) is 18.4 Å². The molecule has 3 rings (SSSR count). The zero-order valence-corrected chi connectivity index (χ0v) is 16.9. The molecule has 0 atom stereocenters. The number of fused-ring (bicyclic) bond motifs is 1. The van der Waals surface area contributed by atoms with Gasteiger partial charge in [0.05, 0.1) is 23.1 Å². The summed E-state index contributed by atoms with van der Waals surface area (Å²) in [5.74, 6) is -2.37. The summed E-state index contributed by atoms with van der Waals surface area (Å²) >= 11 is 0. The van der Waals surface area contributed by atoms with Crippen molar-refractivity contribution in [3.63, 3.8) is 0 Å². The van der Waals surface area contributed by atoms with Crippen molar-refractivity contribution < 1.29 is 23.9 Å². The quantitative estimate of drug-likeness (QED) is 0.329. The van der Waals surface area contributed by atoms with Gasteiger partial charge in [-0.2, -0.15) is 0 Å². The van der Waals surface area contributed by atoms with Gasteiger partial charge in [0.2, 0.25) is 5.88 Å². The molecule has 0 aliphatic heterocycles. The summed E-state index contributed by atoms with van der Waals surface area (Å²) < 4.78 is 12.4. The topological polar surface area (TPSA) is 114 Å². The number of aromatic nitrogens is 2. The Hall–Kier alpha value is -3.68. The molecule has 3 aromatic rings. The number of carbonyl (C=O) groups excluding carboxylic acids is 3. The molecule has 156 valence electrons. The van der Waals surface area contributed by atoms with Gasteiger partial charge in [-0.1, -0.05) is 37.3 Å². The molecule has 0 unspecified atom stereocenters. The standard InChI is InChI=1S/C22H23N3O5/c1-3-15-18(20(27)21(23)28)19-16(25(15)12-14-8-6-5-7-9-14)10-11-24-22(19)30-13-17(26)29-4-2/h5-11H,3-4,12-13H2,1-2H3,(H2,23,28). The number of nitrogens with two attached hydrogens (primary N) is 1. The molecule has 8 nitrogen and oxygen atoms in total. The number of hydrogen-bond donors (Lipinski definition) is 1. The number of carbonyl (C=O) groups is 3. The van der Waals surface area contributed by atoms with Crippen molar-refractivity contribution in [2.24, 2.45) is 5.73 Å². The van der Waals surface area contributed by atoms with E-state index in [-0.39, 0.29) is 24.7 Å². The van der Waals surface area contributed by atoms with Gasteiger partial charge in [0.25, 0.3) is 11.7 Å². The van der Waals surface area contributed by atoms with Crippen LogP contribution < -0.4 is 10.5 Å². The summed E-state index contributed by atoms with van der Waals surface area (Å²) in [6, 6.07) is 11.5. The predicted octanol–water partition coefficient (Wildman–Crippen LogP) is 2.26. The van der Waals surface area contributed by atoms with E-state index < -0.39 is 17.7 Å². The van der Waals surface area contributed by atoms with E-state index in [1.54, 1.807) is 13.0 Å². The van der Waals surface area contributed by atoms with Crippen LogP contribution in [0, 0.1) is 0 Å². The van der Waals surface area contributed by atoms with Crippen LogP contribution in [0.3, 0.4) is 0 Å². The van der Waals surface area contributed by atoms with Crippen LogP contribution in [0.5, 0.6) is 5.88 Å². The van der Waals surface area contributed by atoms with Crippen LogP contribution in [-0.4, -0.2) is 40.4 Å². The summed E-state index contributed by atoms with van der Waals surface area (Å²) in [5, 5.41) is 0.360. The van der Waals surface area contributed by atoms with E-state index >= 15 is 0 Å². The molecule has 2 aromatic heterocycles. The average molecular weight is 409 g/mol. The van der Waals surface area contributed by atoms with Crippen molar-refractivity contribution in [2.45, 2.75) is 26.8 Å². The van der Waals surface area contributed by atoms with Crippen LogP contribution in [0.4, 0.5) is 0 Å². The Bertz CT molecular complexity index is 1090. The Morgan fingerprint density at radius 2 is 1.83 bits per heavy atom. The van der Waals surface area contributed by atoms with Crippen molar-refractivity contribution in [1.29, 1.82) is 0 Å². The van der Waals surface area contributed by atoms with Crippen molar-refractivity contribution in [3.8, 4) is 5.88 Å². The normalized spacial score (nSPS) is 10.7. The van der Waals surface area contributed by atoms with Crippen molar-refractivity contribution in [3.05, 3.63) is 59.4 Å². The summed E-state index contributed by atoms with van der Waals surface area (Å²) in [6.45, 7) is 3.92. The molecular weight excluding hydrogens is 386 g/mol. The molecule has 1 aromatic carbocycles. The van der Waals surface area contributed by atoms with Gasteiger partial charge in [0.1, 0.15) is 0 Å². The van der Waals surface area contributed by atoms with E-state index in [4.69, 9.17) is 15.2 Å². The number of esters is 1. The fourth-order valence-electron chi connectivity index (χ4n) is 3.44. The third-order valence-electron chi connectivity index (χ3n) is 4.65. The Labute approximate surface area is 173 Å². The van der Waals surface area contributed by atoms with Crippen LogP contribution in [0.2, 0.25) is 0 Å². The smallest absolute Gasteiger partial charge is 0.344 e. The minimum absolute atomic E-state index is 0.0756. The Morgan fingerprint density at radius 1 is 1.10 bits per heavy atom. The number of benzene rings is 1. The molecular formula is C22H23N3O5. The first-order valence-electron chi connectivity index (χ1n) is 9.64. The van der Waals surface area contributed by atoms with Gasteiger partial charge in [-0.25, -0.2) is 9.78 Å². The fourth-order valence-corrected chi connectivity index (χ4v) is 3.44. The molecule has 1 amide bonds. The third kappa shape index (κ3) is 4.17. The van der Waals surface area contributed by atoms with E-state index in [9.17, 15) is 14.4 Å². The van der Waals surface area contributed by atoms with Gasteiger partial charge in [0.15, 0.2) is 6.61 Å². The molecule has 2 N–H and O–H groups in total. The molecule has 2 heterocycles. The number of Topliss-reactive ketones (excluding diaryl/α,β-unsaturated/α-hetero) is 1. The highest BCUT2D eigenvalue weighted by Gasteiger charge is 2.28. The highest BCUT2D eigenvalue weighted by molar-refractivity contribution is 6.45. The summed E-state index contributed by atoms with van der Waals surface area (Å²) in [4.78, 5) is 40.4. The summed E-state index contributed by atoms with van der Waals surface area (Å²) in [7, 11) is 0. The molecule has 0 fully saturated rings. The number of rotatable bonds is 9. The van der Waals surface area contributed by atoms with E-state index in [1.165, 1.54) is 6.20 Å².